The lowest BCUT2D eigenvalue weighted by molar-refractivity contribution is -0.579. The van der Waals surface area contributed by atoms with Gasteiger partial charge in [-0.2, -0.15) is 0 Å². The van der Waals surface area contributed by atoms with Gasteiger partial charge in [-0.1, -0.05) is 36.4 Å². The molecule has 0 atom stereocenters. The summed E-state index contributed by atoms with van der Waals surface area (Å²) in [5, 5.41) is 18.5. The minimum absolute atomic E-state index is 0. The predicted octanol–water partition coefficient (Wildman–Crippen LogP) is -0.164. The van der Waals surface area contributed by atoms with Crippen LogP contribution in [0.25, 0.3) is 27.1 Å². The minimum Gasteiger partial charge on any atom is -1.00 e. The van der Waals surface area contributed by atoms with Gasteiger partial charge in [-0.15, -0.1) is 0 Å². The van der Waals surface area contributed by atoms with E-state index in [-0.39, 0.29) is 22.7 Å². The Kier molecular flexibility index (Phi) is 3.03. The summed E-state index contributed by atoms with van der Waals surface area (Å²) in [6.45, 7) is 0. The lowest BCUT2D eigenvalue weighted by atomic mass is 10.1. The average molecular weight is 327 g/mol. The first-order valence-electron chi connectivity index (χ1n) is 6.15. The molecule has 98 valence electrons. The van der Waals surface area contributed by atoms with E-state index in [1.807, 2.05) is 48.7 Å². The van der Waals surface area contributed by atoms with Gasteiger partial charge in [0.2, 0.25) is 6.20 Å². The number of benzene rings is 2. The van der Waals surface area contributed by atoms with Gasteiger partial charge in [0.05, 0.1) is 10.8 Å². The number of hydrogen-bond donors (Lipinski definition) is 1. The van der Waals surface area contributed by atoms with Gasteiger partial charge in [0, 0.05) is 10.8 Å². The summed E-state index contributed by atoms with van der Waals surface area (Å²) in [5.41, 5.74) is 1.02. The van der Waals surface area contributed by atoms with Crippen molar-refractivity contribution in [1.82, 2.24) is 5.10 Å². The first-order valence-corrected chi connectivity index (χ1v) is 6.15. The second-order valence-electron chi connectivity index (χ2n) is 4.58. The Morgan fingerprint density at radius 1 is 0.850 bits per heavy atom. The van der Waals surface area contributed by atoms with E-state index in [0.29, 0.717) is 0 Å². The molecule has 0 unspecified atom stereocenters. The summed E-state index contributed by atoms with van der Waals surface area (Å²) in [6, 6.07) is 16.0. The molecule has 0 spiro atoms. The molecule has 0 aliphatic carbocycles. The zero-order valence-corrected chi connectivity index (χ0v) is 12.1. The van der Waals surface area contributed by atoms with Crippen LogP contribution in [-0.2, 0) is 0 Å². The van der Waals surface area contributed by atoms with Crippen LogP contribution >= 0.6 is 0 Å². The Balaban J connectivity index is 0.00000121. The van der Waals surface area contributed by atoms with E-state index in [4.69, 9.17) is 0 Å². The molecule has 3 nitrogen and oxygen atoms in total. The maximum Gasteiger partial charge on any atom is 0.253 e. The summed E-state index contributed by atoms with van der Waals surface area (Å²) in [7, 11) is 0. The Labute approximate surface area is 125 Å². The van der Waals surface area contributed by atoms with Gasteiger partial charge in [0.1, 0.15) is 6.20 Å². The van der Waals surface area contributed by atoms with Gasteiger partial charge in [0.15, 0.2) is 5.75 Å². The van der Waals surface area contributed by atoms with Crippen molar-refractivity contribution in [2.45, 2.75) is 0 Å². The Morgan fingerprint density at radius 3 is 2.30 bits per heavy atom. The average Bonchev–Trinajstić information content (AvgIpc) is 2.47. The number of fused-ring (bicyclic) bond motifs is 5. The quantitative estimate of drug-likeness (QED) is 0.360. The van der Waals surface area contributed by atoms with E-state index in [2.05, 4.69) is 11.2 Å². The highest BCUT2D eigenvalue weighted by Crippen LogP contribution is 2.28. The molecule has 2 heterocycles. The van der Waals surface area contributed by atoms with Crippen LogP contribution in [0.5, 0.6) is 5.75 Å². The molecule has 4 aromatic rings. The third-order valence-electron chi connectivity index (χ3n) is 3.47. The molecule has 2 aromatic heterocycles. The predicted molar refractivity (Wildman–Crippen MR) is 74.1 cm³/mol. The van der Waals surface area contributed by atoms with E-state index in [9.17, 15) is 5.11 Å². The number of halogens is 1. The van der Waals surface area contributed by atoms with Crippen molar-refractivity contribution in [2.75, 3.05) is 0 Å². The normalized spacial score (nSPS) is 10.8. The van der Waals surface area contributed by atoms with Gasteiger partial charge >= 0.3 is 0 Å². The summed E-state index contributed by atoms with van der Waals surface area (Å²) in [6.07, 6.45) is 3.47. The van der Waals surface area contributed by atoms with Crippen molar-refractivity contribution in [3.63, 3.8) is 0 Å². The van der Waals surface area contributed by atoms with E-state index in [1.165, 1.54) is 0 Å². The molecular weight excluding hydrogens is 316 g/mol. The molecule has 4 heteroatoms. The fraction of sp³-hybridized carbons (Fsp3) is 0. The molecule has 20 heavy (non-hydrogen) atoms. The molecule has 0 saturated carbocycles. The van der Waals surface area contributed by atoms with Crippen molar-refractivity contribution in [3.8, 4) is 5.75 Å². The second kappa shape index (κ2) is 4.72. The van der Waals surface area contributed by atoms with Crippen LogP contribution in [0, 0.1) is 0 Å². The zero-order valence-electron chi connectivity index (χ0n) is 10.5. The zero-order chi connectivity index (χ0) is 12.8. The molecule has 2 aromatic carbocycles. The van der Waals surface area contributed by atoms with Gasteiger partial charge < -0.3 is 22.1 Å². The maximum absolute atomic E-state index is 10.1. The first-order chi connectivity index (χ1) is 9.34. The lowest BCUT2D eigenvalue weighted by Gasteiger charge is -2.02. The molecule has 1 N–H and O–H groups in total. The minimum atomic E-state index is 0. The molecule has 0 radical (unpaired) electrons. The Bertz CT molecular complexity index is 937. The van der Waals surface area contributed by atoms with Gasteiger partial charge in [0.25, 0.3) is 5.52 Å². The molecule has 0 fully saturated rings. The van der Waals surface area contributed by atoms with Crippen LogP contribution in [0.15, 0.2) is 60.9 Å². The number of hydrogen-bond acceptors (Lipinski definition) is 2. The van der Waals surface area contributed by atoms with Gasteiger partial charge in [-0.25, -0.2) is 0 Å². The largest absolute Gasteiger partial charge is 1.00 e. The summed E-state index contributed by atoms with van der Waals surface area (Å²) in [4.78, 5) is 0. The number of aromatic hydroxyl groups is 1. The Morgan fingerprint density at radius 2 is 1.50 bits per heavy atom. The third-order valence-corrected chi connectivity index (χ3v) is 3.47. The van der Waals surface area contributed by atoms with E-state index < -0.39 is 0 Å². The fourth-order valence-corrected chi connectivity index (χ4v) is 2.60. The lowest BCUT2D eigenvalue weighted by Crippen LogP contribution is -3.00. The summed E-state index contributed by atoms with van der Waals surface area (Å²) in [5.74, 6) is 0.246. The first kappa shape index (κ1) is 12.8. The van der Waals surface area contributed by atoms with Crippen LogP contribution in [-0.4, -0.2) is 10.2 Å². The smallest absolute Gasteiger partial charge is 0.253 e. The molecular formula is C16H11BrN2O. The Hall–Kier alpha value is -2.20. The van der Waals surface area contributed by atoms with E-state index in [0.717, 1.165) is 27.1 Å². The van der Waals surface area contributed by atoms with Crippen LogP contribution in [0.3, 0.4) is 0 Å². The second-order valence-corrected chi connectivity index (χ2v) is 4.58. The highest BCUT2D eigenvalue weighted by Gasteiger charge is 2.16. The van der Waals surface area contributed by atoms with E-state index in [1.54, 1.807) is 10.7 Å². The highest BCUT2D eigenvalue weighted by atomic mass is 79.9. The molecule has 0 aliphatic rings. The van der Waals surface area contributed by atoms with Crippen LogP contribution in [0.4, 0.5) is 0 Å². The molecule has 4 rings (SSSR count). The van der Waals surface area contributed by atoms with Crippen LogP contribution in [0.1, 0.15) is 0 Å². The van der Waals surface area contributed by atoms with E-state index >= 15 is 0 Å². The molecule has 0 amide bonds. The molecule has 0 saturated heterocycles. The van der Waals surface area contributed by atoms with Crippen molar-refractivity contribution < 1.29 is 26.6 Å². The van der Waals surface area contributed by atoms with Gasteiger partial charge in [-0.3, -0.25) is 0 Å². The number of aromatic nitrogens is 2. The molecule has 0 bridgehead atoms. The number of nitrogens with zero attached hydrogens (tertiary/aromatic N) is 2. The van der Waals surface area contributed by atoms with Crippen molar-refractivity contribution in [2.24, 2.45) is 0 Å². The van der Waals surface area contributed by atoms with Crippen molar-refractivity contribution >= 4 is 27.1 Å². The SMILES string of the molecule is Oc1c[n+]2ncc3ccccc3c2c2ccccc12.[Br-]. The number of rotatable bonds is 0. The monoisotopic (exact) mass is 326 g/mol. The highest BCUT2D eigenvalue weighted by molar-refractivity contribution is 6.08. The topological polar surface area (TPSA) is 37.2 Å². The standard InChI is InChI=1S/C16H10N2O.BrH/c19-15-10-18-16(14-8-4-3-7-13(14)15)12-6-2-1-5-11(12)9-17-18;/h1-10H;1H. The van der Waals surface area contributed by atoms with Crippen LogP contribution in [0.2, 0.25) is 0 Å². The summed E-state index contributed by atoms with van der Waals surface area (Å²) < 4.78 is 1.74. The molecule has 0 aliphatic heterocycles. The number of pyridine rings is 1. The van der Waals surface area contributed by atoms with Crippen molar-refractivity contribution in [3.05, 3.63) is 60.9 Å². The summed E-state index contributed by atoms with van der Waals surface area (Å²) >= 11 is 0. The third kappa shape index (κ3) is 1.72. The maximum atomic E-state index is 10.1. The van der Waals surface area contributed by atoms with Crippen molar-refractivity contribution in [1.29, 1.82) is 0 Å². The fourth-order valence-electron chi connectivity index (χ4n) is 2.60. The van der Waals surface area contributed by atoms with Gasteiger partial charge in [-0.05, 0) is 21.7 Å². The van der Waals surface area contributed by atoms with Crippen LogP contribution < -0.4 is 21.5 Å².